The molecule has 0 bridgehead atoms. The van der Waals surface area contributed by atoms with Crippen LogP contribution in [-0.4, -0.2) is 29.7 Å². The highest BCUT2D eigenvalue weighted by molar-refractivity contribution is 5.37. The first-order chi connectivity index (χ1) is 9.21. The summed E-state index contributed by atoms with van der Waals surface area (Å²) in [6.45, 7) is 4.99. The molecular formula is C16H20FNO. The van der Waals surface area contributed by atoms with Crippen molar-refractivity contribution in [2.75, 3.05) is 19.7 Å². The van der Waals surface area contributed by atoms with Gasteiger partial charge in [-0.1, -0.05) is 25.2 Å². The van der Waals surface area contributed by atoms with Crippen molar-refractivity contribution in [3.63, 3.8) is 0 Å². The van der Waals surface area contributed by atoms with Gasteiger partial charge in [0, 0.05) is 18.7 Å². The van der Waals surface area contributed by atoms with E-state index < -0.39 is 0 Å². The summed E-state index contributed by atoms with van der Waals surface area (Å²) in [7, 11) is 0. The smallest absolute Gasteiger partial charge is 0.124 e. The van der Waals surface area contributed by atoms with Gasteiger partial charge in [-0.15, -0.1) is 0 Å². The number of hydrogen-bond acceptors (Lipinski definition) is 2. The van der Waals surface area contributed by atoms with Crippen molar-refractivity contribution in [1.29, 1.82) is 0 Å². The van der Waals surface area contributed by atoms with E-state index in [2.05, 4.69) is 23.7 Å². The van der Waals surface area contributed by atoms with E-state index in [9.17, 15) is 4.39 Å². The van der Waals surface area contributed by atoms with Crippen LogP contribution in [0.2, 0.25) is 0 Å². The molecule has 0 aromatic heterocycles. The van der Waals surface area contributed by atoms with Crippen LogP contribution in [0.15, 0.2) is 18.2 Å². The monoisotopic (exact) mass is 261 g/mol. The fourth-order valence-corrected chi connectivity index (χ4v) is 2.60. The minimum Gasteiger partial charge on any atom is -0.384 e. The maximum atomic E-state index is 13.5. The third-order valence-electron chi connectivity index (χ3n) is 3.62. The molecule has 1 aromatic rings. The number of likely N-dealkylation sites (tertiary alicyclic amines) is 1. The molecule has 0 radical (unpaired) electrons. The number of hydrogen-bond donors (Lipinski definition) is 1. The average molecular weight is 261 g/mol. The van der Waals surface area contributed by atoms with E-state index in [1.54, 1.807) is 6.07 Å². The highest BCUT2D eigenvalue weighted by Crippen LogP contribution is 2.21. The summed E-state index contributed by atoms with van der Waals surface area (Å²) >= 11 is 0. The molecule has 0 spiro atoms. The molecule has 1 N–H and O–H groups in total. The molecule has 1 aliphatic rings. The van der Waals surface area contributed by atoms with Crippen molar-refractivity contribution in [3.8, 4) is 11.8 Å². The number of rotatable bonds is 3. The molecule has 1 aliphatic heterocycles. The first kappa shape index (κ1) is 14.0. The lowest BCUT2D eigenvalue weighted by Crippen LogP contribution is -2.20. The van der Waals surface area contributed by atoms with Crippen molar-refractivity contribution in [3.05, 3.63) is 35.1 Å². The molecule has 2 nitrogen and oxygen atoms in total. The van der Waals surface area contributed by atoms with E-state index >= 15 is 0 Å². The van der Waals surface area contributed by atoms with Crippen molar-refractivity contribution >= 4 is 0 Å². The Morgan fingerprint density at radius 1 is 1.42 bits per heavy atom. The van der Waals surface area contributed by atoms with E-state index in [-0.39, 0.29) is 12.4 Å². The van der Waals surface area contributed by atoms with Gasteiger partial charge in [-0.25, -0.2) is 4.39 Å². The summed E-state index contributed by atoms with van der Waals surface area (Å²) in [6.07, 6.45) is 2.45. The summed E-state index contributed by atoms with van der Waals surface area (Å²) in [5.41, 5.74) is 1.59. The van der Waals surface area contributed by atoms with Crippen molar-refractivity contribution < 1.29 is 9.50 Å². The Bertz CT molecular complexity index is 489. The first-order valence-electron chi connectivity index (χ1n) is 6.82. The van der Waals surface area contributed by atoms with E-state index in [1.165, 1.54) is 18.9 Å². The van der Waals surface area contributed by atoms with Crippen LogP contribution in [-0.2, 0) is 6.54 Å². The third-order valence-corrected chi connectivity index (χ3v) is 3.62. The molecule has 3 heteroatoms. The van der Waals surface area contributed by atoms with Crippen LogP contribution in [0, 0.1) is 23.6 Å². The SMILES string of the molecule is CCC1CCN(Cc2cc(F)cc(C#CCO)c2)C1. The van der Waals surface area contributed by atoms with Gasteiger partial charge in [0.25, 0.3) is 0 Å². The third kappa shape index (κ3) is 4.05. The zero-order valence-corrected chi connectivity index (χ0v) is 11.3. The summed E-state index contributed by atoms with van der Waals surface area (Å²) in [5.74, 6) is 5.84. The number of nitrogens with zero attached hydrogens (tertiary/aromatic N) is 1. The van der Waals surface area contributed by atoms with E-state index in [0.717, 1.165) is 31.1 Å². The number of aliphatic hydroxyl groups excluding tert-OH is 1. The van der Waals surface area contributed by atoms with Crippen LogP contribution in [0.3, 0.4) is 0 Å². The summed E-state index contributed by atoms with van der Waals surface area (Å²) in [6, 6.07) is 4.89. The fraction of sp³-hybridized carbons (Fsp3) is 0.500. The van der Waals surface area contributed by atoms with Gasteiger partial charge in [0.1, 0.15) is 12.4 Å². The molecule has 1 unspecified atom stereocenters. The molecule has 1 saturated heterocycles. The molecule has 102 valence electrons. The van der Waals surface area contributed by atoms with Crippen LogP contribution in [0.25, 0.3) is 0 Å². The predicted octanol–water partition coefficient (Wildman–Crippen LogP) is 2.40. The van der Waals surface area contributed by atoms with Gasteiger partial charge in [0.2, 0.25) is 0 Å². The molecule has 2 rings (SSSR count). The lowest BCUT2D eigenvalue weighted by atomic mass is 10.1. The van der Waals surface area contributed by atoms with Crippen molar-refractivity contribution in [2.24, 2.45) is 5.92 Å². The van der Waals surface area contributed by atoms with E-state index in [4.69, 9.17) is 5.11 Å². The van der Waals surface area contributed by atoms with Gasteiger partial charge < -0.3 is 5.11 Å². The Kier molecular flexibility index (Phi) is 4.95. The number of halogens is 1. The maximum absolute atomic E-state index is 13.5. The van der Waals surface area contributed by atoms with Crippen LogP contribution >= 0.6 is 0 Å². The second-order valence-electron chi connectivity index (χ2n) is 5.11. The highest BCUT2D eigenvalue weighted by Gasteiger charge is 2.20. The number of benzene rings is 1. The summed E-state index contributed by atoms with van der Waals surface area (Å²) in [4.78, 5) is 2.37. The standard InChI is InChI=1S/C16H20FNO/c1-2-13-5-6-18(11-13)12-15-8-14(4-3-7-19)9-16(17)10-15/h8-10,13,19H,2,5-7,11-12H2,1H3. The zero-order valence-electron chi connectivity index (χ0n) is 11.3. The van der Waals surface area contributed by atoms with Gasteiger partial charge in [-0.2, -0.15) is 0 Å². The quantitative estimate of drug-likeness (QED) is 0.845. The molecular weight excluding hydrogens is 241 g/mol. The lowest BCUT2D eigenvalue weighted by Gasteiger charge is -2.16. The normalized spacial score (nSPS) is 19.2. The number of aliphatic hydroxyl groups is 1. The van der Waals surface area contributed by atoms with Gasteiger partial charge in [0.05, 0.1) is 0 Å². The molecule has 1 aromatic carbocycles. The van der Waals surface area contributed by atoms with Crippen LogP contribution in [0.1, 0.15) is 30.9 Å². The second-order valence-corrected chi connectivity index (χ2v) is 5.11. The molecule has 0 aliphatic carbocycles. The Morgan fingerprint density at radius 2 is 2.26 bits per heavy atom. The van der Waals surface area contributed by atoms with Crippen molar-refractivity contribution in [1.82, 2.24) is 4.90 Å². The Morgan fingerprint density at radius 3 is 2.95 bits per heavy atom. The first-order valence-corrected chi connectivity index (χ1v) is 6.82. The minimum atomic E-state index is -0.258. The fourth-order valence-electron chi connectivity index (χ4n) is 2.60. The summed E-state index contributed by atoms with van der Waals surface area (Å²) in [5, 5.41) is 8.68. The molecule has 1 fully saturated rings. The molecule has 1 atom stereocenters. The largest absolute Gasteiger partial charge is 0.384 e. The highest BCUT2D eigenvalue weighted by atomic mass is 19.1. The van der Waals surface area contributed by atoms with Gasteiger partial charge in [-0.05, 0) is 42.6 Å². The van der Waals surface area contributed by atoms with Gasteiger partial charge in [-0.3, -0.25) is 4.90 Å². The zero-order chi connectivity index (χ0) is 13.7. The topological polar surface area (TPSA) is 23.5 Å². The molecule has 0 amide bonds. The molecule has 19 heavy (non-hydrogen) atoms. The second kappa shape index (κ2) is 6.70. The Balaban J connectivity index is 2.06. The Labute approximate surface area is 114 Å². The van der Waals surface area contributed by atoms with Crippen molar-refractivity contribution in [2.45, 2.75) is 26.3 Å². The molecule has 1 heterocycles. The molecule has 0 saturated carbocycles. The van der Waals surface area contributed by atoms with Gasteiger partial charge >= 0.3 is 0 Å². The van der Waals surface area contributed by atoms with E-state index in [1.807, 2.05) is 6.07 Å². The predicted molar refractivity (Wildman–Crippen MR) is 74.0 cm³/mol. The minimum absolute atomic E-state index is 0.198. The van der Waals surface area contributed by atoms with Crippen LogP contribution < -0.4 is 0 Å². The summed E-state index contributed by atoms with van der Waals surface area (Å²) < 4.78 is 13.5. The maximum Gasteiger partial charge on any atom is 0.124 e. The van der Waals surface area contributed by atoms with Crippen LogP contribution in [0.4, 0.5) is 4.39 Å². The average Bonchev–Trinajstić information content (AvgIpc) is 2.83. The van der Waals surface area contributed by atoms with Gasteiger partial charge in [0.15, 0.2) is 0 Å². The lowest BCUT2D eigenvalue weighted by molar-refractivity contribution is 0.314. The van der Waals surface area contributed by atoms with Crippen LogP contribution in [0.5, 0.6) is 0 Å². The Hall–Kier alpha value is -1.37. The van der Waals surface area contributed by atoms with E-state index in [0.29, 0.717) is 5.56 Å².